The van der Waals surface area contributed by atoms with Crippen LogP contribution in [0.15, 0.2) is 24.4 Å². The van der Waals surface area contributed by atoms with Crippen LogP contribution in [0.25, 0.3) is 10.9 Å². The van der Waals surface area contributed by atoms with E-state index in [1.807, 2.05) is 29.8 Å². The van der Waals surface area contributed by atoms with Crippen molar-refractivity contribution in [2.75, 3.05) is 0 Å². The van der Waals surface area contributed by atoms with Gasteiger partial charge in [-0.25, -0.2) is 0 Å². The molecule has 0 spiro atoms. The first-order valence-electron chi connectivity index (χ1n) is 4.89. The highest BCUT2D eigenvalue weighted by Gasteiger charge is 2.06. The molecule has 0 atom stereocenters. The monoisotopic (exact) mass is 221 g/mol. The molecule has 3 heteroatoms. The van der Waals surface area contributed by atoms with E-state index >= 15 is 0 Å². The van der Waals surface area contributed by atoms with Crippen molar-refractivity contribution in [3.63, 3.8) is 0 Å². The van der Waals surface area contributed by atoms with Gasteiger partial charge in [0.2, 0.25) is 0 Å². The van der Waals surface area contributed by atoms with Gasteiger partial charge >= 0.3 is 0 Å². The number of aryl methyl sites for hydroxylation is 2. The first-order chi connectivity index (χ1) is 7.22. The smallest absolute Gasteiger partial charge is 0.120 e. The van der Waals surface area contributed by atoms with Crippen LogP contribution >= 0.6 is 11.6 Å². The van der Waals surface area contributed by atoms with E-state index in [2.05, 4.69) is 6.20 Å². The molecule has 0 saturated carbocycles. The third kappa shape index (κ3) is 1.90. The molecule has 0 aliphatic rings. The first-order valence-corrected chi connectivity index (χ1v) is 5.27. The minimum absolute atomic E-state index is 0.571. The van der Waals surface area contributed by atoms with E-state index in [4.69, 9.17) is 11.6 Å². The number of nitrogens with zero attached hydrogens (tertiary/aromatic N) is 1. The Morgan fingerprint density at radius 1 is 1.47 bits per heavy atom. The van der Waals surface area contributed by atoms with Gasteiger partial charge in [-0.1, -0.05) is 17.7 Å². The predicted octanol–water partition coefficient (Wildman–Crippen LogP) is 2.96. The average Bonchev–Trinajstić information content (AvgIpc) is 2.53. The molecule has 1 aromatic carbocycles. The van der Waals surface area contributed by atoms with Crippen LogP contribution in [0.2, 0.25) is 5.02 Å². The fourth-order valence-electron chi connectivity index (χ4n) is 1.85. The summed E-state index contributed by atoms with van der Waals surface area (Å²) in [6.45, 7) is 0. The van der Waals surface area contributed by atoms with Gasteiger partial charge in [0.05, 0.1) is 0 Å². The van der Waals surface area contributed by atoms with Crippen LogP contribution in [-0.2, 0) is 18.3 Å². The normalized spacial score (nSPS) is 10.8. The van der Waals surface area contributed by atoms with E-state index in [9.17, 15) is 4.79 Å². The molecule has 0 unspecified atom stereocenters. The van der Waals surface area contributed by atoms with Crippen molar-refractivity contribution in [3.05, 3.63) is 35.0 Å². The SMILES string of the molecule is Cn1cc(CCC=O)c2ccc(Cl)cc21. The standard InChI is InChI=1S/C12H12ClNO/c1-14-8-9(3-2-6-15)11-5-4-10(13)7-12(11)14/h4-8H,2-3H2,1H3. The van der Waals surface area contributed by atoms with Gasteiger partial charge in [-0.15, -0.1) is 0 Å². The van der Waals surface area contributed by atoms with Crippen LogP contribution in [-0.4, -0.2) is 10.9 Å². The maximum Gasteiger partial charge on any atom is 0.120 e. The summed E-state index contributed by atoms with van der Waals surface area (Å²) in [5.74, 6) is 0. The molecule has 0 aliphatic carbocycles. The fraction of sp³-hybridized carbons (Fsp3) is 0.250. The number of aldehydes is 1. The van der Waals surface area contributed by atoms with E-state index in [0.29, 0.717) is 6.42 Å². The third-order valence-corrected chi connectivity index (χ3v) is 2.80. The number of aromatic nitrogens is 1. The largest absolute Gasteiger partial charge is 0.350 e. The van der Waals surface area contributed by atoms with Crippen molar-refractivity contribution in [3.8, 4) is 0 Å². The van der Waals surface area contributed by atoms with Crippen molar-refractivity contribution in [1.29, 1.82) is 0 Å². The van der Waals surface area contributed by atoms with Crippen LogP contribution in [0.5, 0.6) is 0 Å². The van der Waals surface area contributed by atoms with Crippen molar-refractivity contribution in [2.24, 2.45) is 7.05 Å². The van der Waals surface area contributed by atoms with Gasteiger partial charge in [0.15, 0.2) is 0 Å². The van der Waals surface area contributed by atoms with Gasteiger partial charge in [0.1, 0.15) is 6.29 Å². The third-order valence-electron chi connectivity index (χ3n) is 2.57. The van der Waals surface area contributed by atoms with Crippen LogP contribution in [0.1, 0.15) is 12.0 Å². The number of hydrogen-bond acceptors (Lipinski definition) is 1. The highest BCUT2D eigenvalue weighted by molar-refractivity contribution is 6.31. The summed E-state index contributed by atoms with van der Waals surface area (Å²) in [7, 11) is 1.99. The summed E-state index contributed by atoms with van der Waals surface area (Å²) in [6.07, 6.45) is 4.38. The second kappa shape index (κ2) is 4.07. The molecular formula is C12H12ClNO. The topological polar surface area (TPSA) is 22.0 Å². The van der Waals surface area contributed by atoms with Gasteiger partial charge in [-0.3, -0.25) is 0 Å². The van der Waals surface area contributed by atoms with Crippen molar-refractivity contribution < 1.29 is 4.79 Å². The quantitative estimate of drug-likeness (QED) is 0.731. The minimum Gasteiger partial charge on any atom is -0.350 e. The lowest BCUT2D eigenvalue weighted by atomic mass is 10.1. The maximum atomic E-state index is 10.3. The molecule has 0 radical (unpaired) electrons. The van der Waals surface area contributed by atoms with Crippen LogP contribution in [0, 0.1) is 0 Å². The number of benzene rings is 1. The molecule has 0 amide bonds. The number of carbonyl (C=O) groups is 1. The Labute approximate surface area is 93.5 Å². The summed E-state index contributed by atoms with van der Waals surface area (Å²) in [6, 6.07) is 5.84. The zero-order chi connectivity index (χ0) is 10.8. The molecule has 1 aromatic heterocycles. The van der Waals surface area contributed by atoms with Crippen LogP contribution in [0.3, 0.4) is 0 Å². The Kier molecular flexibility index (Phi) is 2.78. The number of halogens is 1. The Morgan fingerprint density at radius 2 is 2.27 bits per heavy atom. The highest BCUT2D eigenvalue weighted by Crippen LogP contribution is 2.24. The molecule has 0 saturated heterocycles. The maximum absolute atomic E-state index is 10.3. The average molecular weight is 222 g/mol. The van der Waals surface area contributed by atoms with Gasteiger partial charge < -0.3 is 9.36 Å². The van der Waals surface area contributed by atoms with E-state index in [-0.39, 0.29) is 0 Å². The number of rotatable bonds is 3. The van der Waals surface area contributed by atoms with E-state index in [0.717, 1.165) is 23.2 Å². The number of carbonyl (C=O) groups excluding carboxylic acids is 1. The first kappa shape index (κ1) is 10.2. The Hall–Kier alpha value is -1.28. The van der Waals surface area contributed by atoms with E-state index in [1.54, 1.807) is 0 Å². The highest BCUT2D eigenvalue weighted by atomic mass is 35.5. The Morgan fingerprint density at radius 3 is 3.00 bits per heavy atom. The fourth-order valence-corrected chi connectivity index (χ4v) is 2.02. The summed E-state index contributed by atoms with van der Waals surface area (Å²) >= 11 is 5.93. The summed E-state index contributed by atoms with van der Waals surface area (Å²) in [5, 5.41) is 1.93. The zero-order valence-corrected chi connectivity index (χ0v) is 9.29. The van der Waals surface area contributed by atoms with Gasteiger partial charge in [-0.2, -0.15) is 0 Å². The van der Waals surface area contributed by atoms with Crippen molar-refractivity contribution in [1.82, 2.24) is 4.57 Å². The molecule has 2 rings (SSSR count). The van der Waals surface area contributed by atoms with Crippen molar-refractivity contribution in [2.45, 2.75) is 12.8 Å². The molecular weight excluding hydrogens is 210 g/mol. The lowest BCUT2D eigenvalue weighted by molar-refractivity contribution is -0.107. The lowest BCUT2D eigenvalue weighted by Gasteiger charge is -1.96. The van der Waals surface area contributed by atoms with Crippen molar-refractivity contribution >= 4 is 28.8 Å². The van der Waals surface area contributed by atoms with Crippen LogP contribution in [0.4, 0.5) is 0 Å². The van der Waals surface area contributed by atoms with Gasteiger partial charge in [-0.05, 0) is 24.1 Å². The summed E-state index contributed by atoms with van der Waals surface area (Å²) in [4.78, 5) is 10.3. The van der Waals surface area contributed by atoms with Gasteiger partial charge in [0.25, 0.3) is 0 Å². The molecule has 2 aromatic rings. The Balaban J connectivity index is 2.52. The lowest BCUT2D eigenvalue weighted by Crippen LogP contribution is -1.84. The molecule has 15 heavy (non-hydrogen) atoms. The second-order valence-electron chi connectivity index (χ2n) is 3.63. The summed E-state index contributed by atoms with van der Waals surface area (Å²) < 4.78 is 2.04. The zero-order valence-electron chi connectivity index (χ0n) is 8.53. The number of fused-ring (bicyclic) bond motifs is 1. The molecule has 0 fully saturated rings. The molecule has 0 bridgehead atoms. The molecule has 0 N–H and O–H groups in total. The second-order valence-corrected chi connectivity index (χ2v) is 4.07. The molecule has 78 valence electrons. The molecule has 2 nitrogen and oxygen atoms in total. The number of hydrogen-bond donors (Lipinski definition) is 0. The Bertz CT molecular complexity index is 502. The summed E-state index contributed by atoms with van der Waals surface area (Å²) in [5.41, 5.74) is 2.32. The van der Waals surface area contributed by atoms with E-state index in [1.165, 1.54) is 10.9 Å². The van der Waals surface area contributed by atoms with Gasteiger partial charge in [0, 0.05) is 35.6 Å². The minimum atomic E-state index is 0.571. The molecule has 0 aliphatic heterocycles. The van der Waals surface area contributed by atoms with Crippen LogP contribution < -0.4 is 0 Å². The van der Waals surface area contributed by atoms with E-state index < -0.39 is 0 Å². The molecule has 1 heterocycles. The predicted molar refractivity (Wildman–Crippen MR) is 62.3 cm³/mol.